The molecule has 1 aliphatic rings. The van der Waals surface area contributed by atoms with E-state index < -0.39 is 0 Å². The summed E-state index contributed by atoms with van der Waals surface area (Å²) in [4.78, 5) is 11.4. The molecule has 5 nitrogen and oxygen atoms in total. The van der Waals surface area contributed by atoms with Crippen LogP contribution in [0.25, 0.3) is 0 Å². The minimum absolute atomic E-state index is 0.0286. The van der Waals surface area contributed by atoms with Crippen LogP contribution in [0.1, 0.15) is 32.3 Å². The minimum atomic E-state index is -0.0286. The molecule has 1 N–H and O–H groups in total. The predicted molar refractivity (Wildman–Crippen MR) is 77.2 cm³/mol. The van der Waals surface area contributed by atoms with Gasteiger partial charge in [0.1, 0.15) is 0 Å². The number of methoxy groups -OCH3 is 1. The van der Waals surface area contributed by atoms with Gasteiger partial charge in [-0.3, -0.25) is 4.79 Å². The largest absolute Gasteiger partial charge is 0.493 e. The number of ether oxygens (including phenoxy) is 2. The molecule has 1 aliphatic heterocycles. The van der Waals surface area contributed by atoms with Gasteiger partial charge in [0.2, 0.25) is 5.91 Å². The molecule has 1 aromatic rings. The fourth-order valence-corrected chi connectivity index (χ4v) is 2.32. The van der Waals surface area contributed by atoms with Crippen LogP contribution < -0.4 is 14.9 Å². The van der Waals surface area contributed by atoms with E-state index >= 15 is 0 Å². The van der Waals surface area contributed by atoms with Crippen LogP contribution in [0.4, 0.5) is 0 Å². The van der Waals surface area contributed by atoms with Crippen molar-refractivity contribution in [3.63, 3.8) is 0 Å². The third kappa shape index (κ3) is 2.92. The Morgan fingerprint density at radius 2 is 2.15 bits per heavy atom. The first-order chi connectivity index (χ1) is 9.69. The second-order valence-electron chi connectivity index (χ2n) is 4.64. The highest BCUT2D eigenvalue weighted by Crippen LogP contribution is 2.30. The normalized spacial score (nSPS) is 18.2. The molecule has 1 amide bonds. The molecule has 1 atom stereocenters. The maximum Gasteiger partial charge on any atom is 0.240 e. The first kappa shape index (κ1) is 14.4. The number of nitrogens with zero attached hydrogens (tertiary/aromatic N) is 1. The number of rotatable bonds is 5. The number of benzene rings is 1. The van der Waals surface area contributed by atoms with Gasteiger partial charge in [-0.2, -0.15) is 5.10 Å². The number of nitrogens with one attached hydrogen (secondary N) is 1. The zero-order valence-electron chi connectivity index (χ0n) is 12.1. The minimum Gasteiger partial charge on any atom is -0.493 e. The monoisotopic (exact) mass is 276 g/mol. The molecule has 0 aliphatic carbocycles. The lowest BCUT2D eigenvalue weighted by molar-refractivity contribution is -0.122. The summed E-state index contributed by atoms with van der Waals surface area (Å²) in [5.74, 6) is 1.51. The fourth-order valence-electron chi connectivity index (χ4n) is 2.32. The summed E-state index contributed by atoms with van der Waals surface area (Å²) >= 11 is 0. The van der Waals surface area contributed by atoms with E-state index in [1.165, 1.54) is 0 Å². The van der Waals surface area contributed by atoms with E-state index in [2.05, 4.69) is 17.5 Å². The van der Waals surface area contributed by atoms with Crippen LogP contribution in [0.3, 0.4) is 0 Å². The van der Waals surface area contributed by atoms with Crippen molar-refractivity contribution in [3.05, 3.63) is 23.8 Å². The molecule has 0 aromatic heterocycles. The zero-order valence-corrected chi connectivity index (χ0v) is 12.1. The second kappa shape index (κ2) is 6.41. The van der Waals surface area contributed by atoms with Gasteiger partial charge >= 0.3 is 0 Å². The lowest BCUT2D eigenvalue weighted by Gasteiger charge is -2.22. The van der Waals surface area contributed by atoms with Gasteiger partial charge in [-0.05, 0) is 31.5 Å². The number of carbonyl (C=O) groups excluding carboxylic acids is 1. The van der Waals surface area contributed by atoms with E-state index in [9.17, 15) is 4.79 Å². The van der Waals surface area contributed by atoms with Crippen LogP contribution in [0.15, 0.2) is 23.3 Å². The van der Waals surface area contributed by atoms with Crippen molar-refractivity contribution in [2.75, 3.05) is 13.7 Å². The average molecular weight is 276 g/mol. The van der Waals surface area contributed by atoms with Crippen molar-refractivity contribution >= 4 is 11.6 Å². The third-order valence-corrected chi connectivity index (χ3v) is 3.37. The first-order valence-electron chi connectivity index (χ1n) is 6.87. The smallest absolute Gasteiger partial charge is 0.240 e. The van der Waals surface area contributed by atoms with Gasteiger partial charge in [-0.25, -0.2) is 5.43 Å². The van der Waals surface area contributed by atoms with Crippen LogP contribution in [0, 0.1) is 5.92 Å². The zero-order chi connectivity index (χ0) is 14.5. The quantitative estimate of drug-likeness (QED) is 0.898. The molecule has 0 bridgehead atoms. The standard InChI is InChI=1S/C15H20N2O3/c1-4-10-9-14(18)16-17-15(10)11-6-7-12(19-3)13(8-11)20-5-2/h6-8,10H,4-5,9H2,1-3H3,(H,16,18). The van der Waals surface area contributed by atoms with Crippen LogP contribution in [0.2, 0.25) is 0 Å². The molecule has 0 saturated heterocycles. The summed E-state index contributed by atoms with van der Waals surface area (Å²) in [6.07, 6.45) is 1.35. The van der Waals surface area contributed by atoms with Gasteiger partial charge in [0.25, 0.3) is 0 Å². The van der Waals surface area contributed by atoms with Crippen LogP contribution in [0.5, 0.6) is 11.5 Å². The Hall–Kier alpha value is -2.04. The molecule has 0 fully saturated rings. The molecule has 5 heteroatoms. The van der Waals surface area contributed by atoms with Crippen molar-refractivity contribution in [3.8, 4) is 11.5 Å². The number of hydrogen-bond acceptors (Lipinski definition) is 4. The highest BCUT2D eigenvalue weighted by atomic mass is 16.5. The molecule has 108 valence electrons. The lowest BCUT2D eigenvalue weighted by Crippen LogP contribution is -2.33. The second-order valence-corrected chi connectivity index (χ2v) is 4.64. The molecule has 0 spiro atoms. The van der Waals surface area contributed by atoms with E-state index in [1.54, 1.807) is 7.11 Å². The molecule has 20 heavy (non-hydrogen) atoms. The fraction of sp³-hybridized carbons (Fsp3) is 0.467. The summed E-state index contributed by atoms with van der Waals surface area (Å²) in [5.41, 5.74) is 4.41. The van der Waals surface area contributed by atoms with Gasteiger partial charge in [-0.1, -0.05) is 6.92 Å². The van der Waals surface area contributed by atoms with Crippen LogP contribution in [-0.4, -0.2) is 25.3 Å². The van der Waals surface area contributed by atoms with E-state index in [4.69, 9.17) is 9.47 Å². The number of hydrogen-bond donors (Lipinski definition) is 1. The predicted octanol–water partition coefficient (Wildman–Crippen LogP) is 2.34. The molecule has 1 heterocycles. The first-order valence-corrected chi connectivity index (χ1v) is 6.87. The number of carbonyl (C=O) groups is 1. The summed E-state index contributed by atoms with van der Waals surface area (Å²) in [7, 11) is 1.62. The van der Waals surface area contributed by atoms with Crippen molar-refractivity contribution in [2.24, 2.45) is 11.0 Å². The van der Waals surface area contributed by atoms with Crippen LogP contribution >= 0.6 is 0 Å². The SMILES string of the molecule is CCOc1cc(C2=NNC(=O)CC2CC)ccc1OC. The van der Waals surface area contributed by atoms with Gasteiger partial charge in [0, 0.05) is 17.9 Å². The molecule has 1 unspecified atom stereocenters. The van der Waals surface area contributed by atoms with Crippen molar-refractivity contribution in [2.45, 2.75) is 26.7 Å². The van der Waals surface area contributed by atoms with Gasteiger partial charge in [-0.15, -0.1) is 0 Å². The lowest BCUT2D eigenvalue weighted by atomic mass is 9.90. The van der Waals surface area contributed by atoms with E-state index in [-0.39, 0.29) is 11.8 Å². The average Bonchev–Trinajstić information content (AvgIpc) is 2.47. The van der Waals surface area contributed by atoms with Crippen molar-refractivity contribution in [1.29, 1.82) is 0 Å². The van der Waals surface area contributed by atoms with Crippen molar-refractivity contribution in [1.82, 2.24) is 5.43 Å². The Labute approximate surface area is 119 Å². The maximum atomic E-state index is 11.4. The van der Waals surface area contributed by atoms with E-state index in [0.29, 0.717) is 24.5 Å². The topological polar surface area (TPSA) is 59.9 Å². The van der Waals surface area contributed by atoms with Gasteiger partial charge in [0.05, 0.1) is 19.4 Å². The molecule has 0 saturated carbocycles. The third-order valence-electron chi connectivity index (χ3n) is 3.37. The number of hydrazone groups is 1. The summed E-state index contributed by atoms with van der Waals surface area (Å²) < 4.78 is 10.9. The van der Waals surface area contributed by atoms with Gasteiger partial charge < -0.3 is 9.47 Å². The molecular weight excluding hydrogens is 256 g/mol. The molecular formula is C15H20N2O3. The molecule has 2 rings (SSSR count). The molecule has 0 radical (unpaired) electrons. The summed E-state index contributed by atoms with van der Waals surface area (Å²) in [5, 5.41) is 4.21. The van der Waals surface area contributed by atoms with E-state index in [1.807, 2.05) is 25.1 Å². The van der Waals surface area contributed by atoms with Gasteiger partial charge in [0.15, 0.2) is 11.5 Å². The summed E-state index contributed by atoms with van der Waals surface area (Å²) in [6, 6.07) is 5.73. The Balaban J connectivity index is 2.36. The van der Waals surface area contributed by atoms with E-state index in [0.717, 1.165) is 17.7 Å². The molecule has 1 aromatic carbocycles. The number of amides is 1. The van der Waals surface area contributed by atoms with Crippen LogP contribution in [-0.2, 0) is 4.79 Å². The Morgan fingerprint density at radius 1 is 1.35 bits per heavy atom. The maximum absolute atomic E-state index is 11.4. The Morgan fingerprint density at radius 3 is 2.80 bits per heavy atom. The summed E-state index contributed by atoms with van der Waals surface area (Å²) in [6.45, 7) is 4.56. The van der Waals surface area contributed by atoms with Crippen molar-refractivity contribution < 1.29 is 14.3 Å². The highest BCUT2D eigenvalue weighted by molar-refractivity contribution is 6.06. The Kier molecular flexibility index (Phi) is 4.61. The Bertz CT molecular complexity index is 526. The highest BCUT2D eigenvalue weighted by Gasteiger charge is 2.24.